The van der Waals surface area contributed by atoms with Crippen LogP contribution in [-0.4, -0.2) is 4.98 Å². The standard InChI is InChI=1S/C10H12N2/c1-3-9-6-5-8(7-12-9)10(11)4-2/h1,5-7,10H,4,11H2,2H3/t10-/m1/s1. The molecular formula is C10H12N2. The van der Waals surface area contributed by atoms with Crippen molar-refractivity contribution >= 4 is 0 Å². The Labute approximate surface area is 72.8 Å². The second-order valence-corrected chi connectivity index (χ2v) is 2.64. The highest BCUT2D eigenvalue weighted by atomic mass is 14.7. The molecule has 62 valence electrons. The molecule has 1 atom stereocenters. The van der Waals surface area contributed by atoms with Gasteiger partial charge in [-0.05, 0) is 18.1 Å². The molecule has 0 fully saturated rings. The van der Waals surface area contributed by atoms with E-state index >= 15 is 0 Å². The Kier molecular flexibility index (Phi) is 2.84. The predicted molar refractivity (Wildman–Crippen MR) is 49.4 cm³/mol. The number of terminal acetylenes is 1. The van der Waals surface area contributed by atoms with Crippen molar-refractivity contribution in [3.63, 3.8) is 0 Å². The van der Waals surface area contributed by atoms with Crippen LogP contribution in [0.15, 0.2) is 18.3 Å². The summed E-state index contributed by atoms with van der Waals surface area (Å²) in [5.41, 5.74) is 7.49. The van der Waals surface area contributed by atoms with Crippen LogP contribution in [0.5, 0.6) is 0 Å². The van der Waals surface area contributed by atoms with Crippen molar-refractivity contribution in [1.82, 2.24) is 4.98 Å². The van der Waals surface area contributed by atoms with E-state index in [1.807, 2.05) is 19.1 Å². The molecular weight excluding hydrogens is 148 g/mol. The lowest BCUT2D eigenvalue weighted by Crippen LogP contribution is -2.08. The lowest BCUT2D eigenvalue weighted by molar-refractivity contribution is 0.695. The molecule has 1 aromatic heterocycles. The Morgan fingerprint density at radius 2 is 2.42 bits per heavy atom. The van der Waals surface area contributed by atoms with Gasteiger partial charge in [-0.2, -0.15) is 0 Å². The molecule has 0 saturated heterocycles. The summed E-state index contributed by atoms with van der Waals surface area (Å²) in [6, 6.07) is 3.81. The average Bonchev–Trinajstić information content (AvgIpc) is 2.17. The highest BCUT2D eigenvalue weighted by molar-refractivity contribution is 5.27. The molecule has 0 aliphatic rings. The zero-order chi connectivity index (χ0) is 8.97. The van der Waals surface area contributed by atoms with Crippen LogP contribution in [0.2, 0.25) is 0 Å². The monoisotopic (exact) mass is 160 g/mol. The molecule has 12 heavy (non-hydrogen) atoms. The maximum Gasteiger partial charge on any atom is 0.112 e. The molecule has 1 aromatic rings. The van der Waals surface area contributed by atoms with E-state index in [4.69, 9.17) is 12.2 Å². The van der Waals surface area contributed by atoms with Gasteiger partial charge in [0.15, 0.2) is 0 Å². The highest BCUT2D eigenvalue weighted by Gasteiger charge is 2.01. The van der Waals surface area contributed by atoms with Crippen molar-refractivity contribution in [2.45, 2.75) is 19.4 Å². The largest absolute Gasteiger partial charge is 0.324 e. The molecule has 0 radical (unpaired) electrons. The van der Waals surface area contributed by atoms with Crippen LogP contribution in [0.3, 0.4) is 0 Å². The molecule has 0 aliphatic carbocycles. The van der Waals surface area contributed by atoms with Gasteiger partial charge in [0, 0.05) is 12.2 Å². The third kappa shape index (κ3) is 1.84. The van der Waals surface area contributed by atoms with Crippen LogP contribution in [0, 0.1) is 12.3 Å². The molecule has 2 nitrogen and oxygen atoms in total. The Balaban J connectivity index is 2.86. The van der Waals surface area contributed by atoms with E-state index in [1.165, 1.54) is 0 Å². The third-order valence-corrected chi connectivity index (χ3v) is 1.80. The Hall–Kier alpha value is -1.33. The van der Waals surface area contributed by atoms with E-state index in [0.717, 1.165) is 12.0 Å². The number of hydrogen-bond acceptors (Lipinski definition) is 2. The second kappa shape index (κ2) is 3.89. The first-order chi connectivity index (χ1) is 5.77. The van der Waals surface area contributed by atoms with Gasteiger partial charge in [-0.3, -0.25) is 0 Å². The molecule has 1 rings (SSSR count). The lowest BCUT2D eigenvalue weighted by Gasteiger charge is -2.07. The van der Waals surface area contributed by atoms with Crippen molar-refractivity contribution in [3.05, 3.63) is 29.6 Å². The number of hydrogen-bond donors (Lipinski definition) is 1. The van der Waals surface area contributed by atoms with E-state index in [9.17, 15) is 0 Å². The van der Waals surface area contributed by atoms with Gasteiger partial charge in [-0.15, -0.1) is 6.42 Å². The Bertz CT molecular complexity index is 282. The molecule has 0 aromatic carbocycles. The van der Waals surface area contributed by atoms with Crippen molar-refractivity contribution < 1.29 is 0 Å². The maximum absolute atomic E-state index is 5.79. The number of nitrogens with zero attached hydrogens (tertiary/aromatic N) is 1. The summed E-state index contributed by atoms with van der Waals surface area (Å²) in [4.78, 5) is 4.05. The first kappa shape index (κ1) is 8.76. The first-order valence-corrected chi connectivity index (χ1v) is 3.96. The van der Waals surface area contributed by atoms with Crippen molar-refractivity contribution in [1.29, 1.82) is 0 Å². The number of aromatic nitrogens is 1. The van der Waals surface area contributed by atoms with Crippen LogP contribution >= 0.6 is 0 Å². The second-order valence-electron chi connectivity index (χ2n) is 2.64. The van der Waals surface area contributed by atoms with E-state index < -0.39 is 0 Å². The van der Waals surface area contributed by atoms with Gasteiger partial charge in [0.05, 0.1) is 0 Å². The Morgan fingerprint density at radius 1 is 1.67 bits per heavy atom. The molecule has 0 spiro atoms. The minimum atomic E-state index is 0.0734. The fraction of sp³-hybridized carbons (Fsp3) is 0.300. The smallest absolute Gasteiger partial charge is 0.112 e. The fourth-order valence-corrected chi connectivity index (χ4v) is 0.946. The van der Waals surface area contributed by atoms with Gasteiger partial charge in [0.1, 0.15) is 5.69 Å². The van der Waals surface area contributed by atoms with Gasteiger partial charge in [0.2, 0.25) is 0 Å². The quantitative estimate of drug-likeness (QED) is 0.665. The SMILES string of the molecule is C#Cc1ccc([C@H](N)CC)cn1. The summed E-state index contributed by atoms with van der Waals surface area (Å²) >= 11 is 0. The van der Waals surface area contributed by atoms with E-state index in [-0.39, 0.29) is 6.04 Å². The van der Waals surface area contributed by atoms with Crippen LogP contribution in [0.1, 0.15) is 30.6 Å². The molecule has 0 unspecified atom stereocenters. The van der Waals surface area contributed by atoms with Crippen LogP contribution < -0.4 is 5.73 Å². The normalized spacial score (nSPS) is 12.1. The summed E-state index contributed by atoms with van der Waals surface area (Å²) in [6.45, 7) is 2.04. The number of pyridine rings is 1. The minimum Gasteiger partial charge on any atom is -0.324 e. The molecule has 2 N–H and O–H groups in total. The summed E-state index contributed by atoms with van der Waals surface area (Å²) in [5, 5.41) is 0. The fourth-order valence-electron chi connectivity index (χ4n) is 0.946. The maximum atomic E-state index is 5.79. The average molecular weight is 160 g/mol. The van der Waals surface area contributed by atoms with Crippen molar-refractivity contribution in [2.75, 3.05) is 0 Å². The van der Waals surface area contributed by atoms with Gasteiger partial charge >= 0.3 is 0 Å². The first-order valence-electron chi connectivity index (χ1n) is 3.96. The summed E-state index contributed by atoms with van der Waals surface area (Å²) in [7, 11) is 0. The molecule has 2 heteroatoms. The van der Waals surface area contributed by atoms with Crippen molar-refractivity contribution in [2.24, 2.45) is 5.73 Å². The molecule has 0 saturated carbocycles. The zero-order valence-corrected chi connectivity index (χ0v) is 7.12. The van der Waals surface area contributed by atoms with Gasteiger partial charge < -0.3 is 5.73 Å². The van der Waals surface area contributed by atoms with E-state index in [0.29, 0.717) is 5.69 Å². The molecule has 0 amide bonds. The summed E-state index contributed by atoms with van der Waals surface area (Å²) in [6.07, 6.45) is 7.82. The van der Waals surface area contributed by atoms with E-state index in [1.54, 1.807) is 6.20 Å². The van der Waals surface area contributed by atoms with Crippen LogP contribution in [0.4, 0.5) is 0 Å². The van der Waals surface area contributed by atoms with Gasteiger partial charge in [-0.1, -0.05) is 18.9 Å². The zero-order valence-electron chi connectivity index (χ0n) is 7.12. The minimum absolute atomic E-state index is 0.0734. The summed E-state index contributed by atoms with van der Waals surface area (Å²) in [5.74, 6) is 2.46. The van der Waals surface area contributed by atoms with Crippen LogP contribution in [0.25, 0.3) is 0 Å². The topological polar surface area (TPSA) is 38.9 Å². The lowest BCUT2D eigenvalue weighted by atomic mass is 10.1. The van der Waals surface area contributed by atoms with Gasteiger partial charge in [-0.25, -0.2) is 4.98 Å². The number of nitrogens with two attached hydrogens (primary N) is 1. The van der Waals surface area contributed by atoms with Gasteiger partial charge in [0.25, 0.3) is 0 Å². The van der Waals surface area contributed by atoms with E-state index in [2.05, 4.69) is 10.9 Å². The number of rotatable bonds is 2. The Morgan fingerprint density at radius 3 is 2.83 bits per heavy atom. The predicted octanol–water partition coefficient (Wildman–Crippen LogP) is 1.47. The summed E-state index contributed by atoms with van der Waals surface area (Å²) < 4.78 is 0. The van der Waals surface area contributed by atoms with Crippen LogP contribution in [-0.2, 0) is 0 Å². The third-order valence-electron chi connectivity index (χ3n) is 1.80. The molecule has 1 heterocycles. The molecule has 0 aliphatic heterocycles. The van der Waals surface area contributed by atoms with Crippen molar-refractivity contribution in [3.8, 4) is 12.3 Å². The highest BCUT2D eigenvalue weighted by Crippen LogP contribution is 2.11. The molecule has 0 bridgehead atoms.